The molecule has 1 saturated heterocycles. The molecule has 5 nitrogen and oxygen atoms in total. The molecular weight excluding hydrogens is 319 g/mol. The molecule has 1 aliphatic heterocycles. The average molecular weight is 337 g/mol. The van der Waals surface area contributed by atoms with Crippen molar-refractivity contribution in [3.05, 3.63) is 24.0 Å². The molecule has 124 valence electrons. The summed E-state index contributed by atoms with van der Waals surface area (Å²) in [6.45, 7) is 2.06. The van der Waals surface area contributed by atoms with Gasteiger partial charge in [-0.3, -0.25) is 4.98 Å². The number of halogens is 3. The van der Waals surface area contributed by atoms with Crippen molar-refractivity contribution in [2.24, 2.45) is 5.92 Å². The number of aromatic nitrogens is 1. The average Bonchev–Trinajstić information content (AvgIpc) is 2.45. The molecule has 0 aromatic carbocycles. The number of hydrogen-bond acceptors (Lipinski definition) is 4. The highest BCUT2D eigenvalue weighted by atomic mass is 32.2. The molecule has 0 spiro atoms. The van der Waals surface area contributed by atoms with Crippen LogP contribution in [-0.2, 0) is 16.2 Å². The van der Waals surface area contributed by atoms with Crippen molar-refractivity contribution < 1.29 is 21.6 Å². The largest absolute Gasteiger partial charge is 0.433 e. The fourth-order valence-corrected chi connectivity index (χ4v) is 3.52. The number of likely N-dealkylation sites (tertiary alicyclic amines) is 1. The fraction of sp³-hybridized carbons (Fsp3) is 0.615. The standard InChI is InChI=1S/C13H18F3N3O2S/c1-19-6-2-3-10(9-19)7-18-22(20,21)11-4-5-12(17-8-11)13(14,15)16/h4-5,8,10,18H,2-3,6-7,9H2,1H3. The molecular formula is C13H18F3N3O2S. The van der Waals surface area contributed by atoms with Crippen molar-refractivity contribution in [1.82, 2.24) is 14.6 Å². The van der Waals surface area contributed by atoms with E-state index < -0.39 is 21.9 Å². The first kappa shape index (κ1) is 17.2. The van der Waals surface area contributed by atoms with E-state index in [1.807, 2.05) is 7.05 Å². The van der Waals surface area contributed by atoms with Gasteiger partial charge < -0.3 is 4.90 Å². The van der Waals surface area contributed by atoms with Gasteiger partial charge in [-0.2, -0.15) is 13.2 Å². The first-order valence-electron chi connectivity index (χ1n) is 6.90. The first-order valence-corrected chi connectivity index (χ1v) is 8.38. The second-order valence-corrected chi connectivity index (χ2v) is 7.27. The first-order chi connectivity index (χ1) is 10.2. The lowest BCUT2D eigenvalue weighted by molar-refractivity contribution is -0.141. The second-order valence-electron chi connectivity index (χ2n) is 5.50. The van der Waals surface area contributed by atoms with Gasteiger partial charge in [-0.15, -0.1) is 0 Å². The van der Waals surface area contributed by atoms with Crippen LogP contribution in [-0.4, -0.2) is 45.0 Å². The summed E-state index contributed by atoms with van der Waals surface area (Å²) in [7, 11) is -1.87. The van der Waals surface area contributed by atoms with Crippen LogP contribution in [0.4, 0.5) is 13.2 Å². The van der Waals surface area contributed by atoms with Gasteiger partial charge in [0.1, 0.15) is 10.6 Å². The van der Waals surface area contributed by atoms with E-state index in [0.29, 0.717) is 6.07 Å². The number of hydrogen-bond donors (Lipinski definition) is 1. The lowest BCUT2D eigenvalue weighted by Crippen LogP contribution is -2.39. The molecule has 22 heavy (non-hydrogen) atoms. The quantitative estimate of drug-likeness (QED) is 0.909. The van der Waals surface area contributed by atoms with Crippen LogP contribution in [0, 0.1) is 5.92 Å². The normalized spacial score (nSPS) is 21.0. The van der Waals surface area contributed by atoms with Gasteiger partial charge in [0.25, 0.3) is 0 Å². The van der Waals surface area contributed by atoms with Crippen LogP contribution in [0.25, 0.3) is 0 Å². The zero-order valence-electron chi connectivity index (χ0n) is 12.1. The molecule has 9 heteroatoms. The Balaban J connectivity index is 2.01. The maximum Gasteiger partial charge on any atom is 0.433 e. The van der Waals surface area contributed by atoms with E-state index in [0.717, 1.165) is 38.2 Å². The van der Waals surface area contributed by atoms with Crippen molar-refractivity contribution in [2.75, 3.05) is 26.7 Å². The number of alkyl halides is 3. The molecule has 2 heterocycles. The summed E-state index contributed by atoms with van der Waals surface area (Å²) >= 11 is 0. The zero-order valence-corrected chi connectivity index (χ0v) is 12.9. The third-order valence-corrected chi connectivity index (χ3v) is 5.03. The smallest absolute Gasteiger partial charge is 0.306 e. The predicted octanol–water partition coefficient (Wildman–Crippen LogP) is 1.72. The van der Waals surface area contributed by atoms with Crippen molar-refractivity contribution in [2.45, 2.75) is 23.9 Å². The molecule has 0 amide bonds. The molecule has 0 aliphatic carbocycles. The number of rotatable bonds is 4. The van der Waals surface area contributed by atoms with Gasteiger partial charge >= 0.3 is 6.18 Å². The van der Waals surface area contributed by atoms with E-state index in [4.69, 9.17) is 0 Å². The molecule has 1 aliphatic rings. The molecule has 1 fully saturated rings. The van der Waals surface area contributed by atoms with Crippen molar-refractivity contribution >= 4 is 10.0 Å². The highest BCUT2D eigenvalue weighted by Crippen LogP contribution is 2.27. The minimum atomic E-state index is -4.58. The van der Waals surface area contributed by atoms with Crippen molar-refractivity contribution in [3.63, 3.8) is 0 Å². The van der Waals surface area contributed by atoms with E-state index in [1.54, 1.807) is 0 Å². The Hall–Kier alpha value is -1.19. The lowest BCUT2D eigenvalue weighted by atomic mass is 9.99. The third-order valence-electron chi connectivity index (χ3n) is 3.62. The summed E-state index contributed by atoms with van der Waals surface area (Å²) in [6.07, 6.45) is -1.91. The summed E-state index contributed by atoms with van der Waals surface area (Å²) < 4.78 is 63.8. The van der Waals surface area contributed by atoms with E-state index >= 15 is 0 Å². The van der Waals surface area contributed by atoms with Gasteiger partial charge in [0, 0.05) is 19.3 Å². The summed E-state index contributed by atoms with van der Waals surface area (Å²) in [5.74, 6) is 0.205. The van der Waals surface area contributed by atoms with Crippen LogP contribution in [0.5, 0.6) is 0 Å². The minimum absolute atomic E-state index is 0.205. The predicted molar refractivity (Wildman–Crippen MR) is 74.6 cm³/mol. The van der Waals surface area contributed by atoms with Gasteiger partial charge in [-0.1, -0.05) is 0 Å². The zero-order chi connectivity index (χ0) is 16.4. The maximum atomic E-state index is 12.4. The van der Waals surface area contributed by atoms with Gasteiger partial charge in [0.15, 0.2) is 0 Å². The van der Waals surface area contributed by atoms with Crippen LogP contribution in [0.3, 0.4) is 0 Å². The summed E-state index contributed by atoms with van der Waals surface area (Å²) in [5.41, 5.74) is -1.11. The Morgan fingerprint density at radius 3 is 2.68 bits per heavy atom. The number of sulfonamides is 1. The summed E-state index contributed by atoms with van der Waals surface area (Å²) in [4.78, 5) is 5.04. The highest BCUT2D eigenvalue weighted by molar-refractivity contribution is 7.89. The van der Waals surface area contributed by atoms with E-state index in [-0.39, 0.29) is 17.4 Å². The third kappa shape index (κ3) is 4.40. The molecule has 0 saturated carbocycles. The molecule has 0 radical (unpaired) electrons. The topological polar surface area (TPSA) is 62.3 Å². The minimum Gasteiger partial charge on any atom is -0.306 e. The van der Waals surface area contributed by atoms with Crippen molar-refractivity contribution in [1.29, 1.82) is 0 Å². The maximum absolute atomic E-state index is 12.4. The summed E-state index contributed by atoms with van der Waals surface area (Å²) in [6, 6.07) is 1.59. The Morgan fingerprint density at radius 2 is 2.14 bits per heavy atom. The van der Waals surface area contributed by atoms with Gasteiger partial charge in [0.05, 0.1) is 0 Å². The van der Waals surface area contributed by atoms with Crippen LogP contribution >= 0.6 is 0 Å². The Kier molecular flexibility index (Phi) is 5.08. The van der Waals surface area contributed by atoms with Gasteiger partial charge in [-0.05, 0) is 44.5 Å². The molecule has 1 aromatic rings. The molecule has 0 bridgehead atoms. The van der Waals surface area contributed by atoms with Gasteiger partial charge in [-0.25, -0.2) is 13.1 Å². The molecule has 1 aromatic heterocycles. The second kappa shape index (κ2) is 6.51. The SMILES string of the molecule is CN1CCCC(CNS(=O)(=O)c2ccc(C(F)(F)F)nc2)C1. The monoisotopic (exact) mass is 337 g/mol. The Morgan fingerprint density at radius 1 is 1.41 bits per heavy atom. The van der Waals surface area contributed by atoms with Crippen LogP contribution < -0.4 is 4.72 Å². The van der Waals surface area contributed by atoms with E-state index in [9.17, 15) is 21.6 Å². The van der Waals surface area contributed by atoms with Crippen LogP contribution in [0.2, 0.25) is 0 Å². The Bertz CT molecular complexity index is 602. The number of pyridine rings is 1. The number of nitrogens with one attached hydrogen (secondary N) is 1. The molecule has 2 rings (SSSR count). The van der Waals surface area contributed by atoms with E-state index in [1.165, 1.54) is 0 Å². The van der Waals surface area contributed by atoms with Crippen LogP contribution in [0.1, 0.15) is 18.5 Å². The fourth-order valence-electron chi connectivity index (χ4n) is 2.46. The molecule has 1 atom stereocenters. The Labute approximate surface area is 127 Å². The molecule has 1 N–H and O–H groups in total. The highest BCUT2D eigenvalue weighted by Gasteiger charge is 2.32. The summed E-state index contributed by atoms with van der Waals surface area (Å²) in [5, 5.41) is 0. The van der Waals surface area contributed by atoms with Crippen molar-refractivity contribution in [3.8, 4) is 0 Å². The lowest BCUT2D eigenvalue weighted by Gasteiger charge is -2.29. The number of nitrogens with zero attached hydrogens (tertiary/aromatic N) is 2. The number of piperidine rings is 1. The van der Waals surface area contributed by atoms with Gasteiger partial charge in [0.2, 0.25) is 10.0 Å². The van der Waals surface area contributed by atoms with E-state index in [2.05, 4.69) is 14.6 Å². The van der Waals surface area contributed by atoms with Crippen LogP contribution in [0.15, 0.2) is 23.2 Å². The molecule has 1 unspecified atom stereocenters.